The highest BCUT2D eigenvalue weighted by atomic mass is 16.4. The molecule has 0 unspecified atom stereocenters. The zero-order valence-electron chi connectivity index (χ0n) is 10.3. The van der Waals surface area contributed by atoms with Crippen LogP contribution in [0, 0.1) is 0 Å². The fourth-order valence-corrected chi connectivity index (χ4v) is 1.93. The van der Waals surface area contributed by atoms with E-state index in [2.05, 4.69) is 10.2 Å². The number of nitrogens with one attached hydrogen (secondary N) is 1. The summed E-state index contributed by atoms with van der Waals surface area (Å²) in [5.74, 6) is -0.656. The Morgan fingerprint density at radius 1 is 1.06 bits per heavy atom. The molecule has 98 valence electrons. The molecule has 2 N–H and O–H groups in total. The van der Waals surface area contributed by atoms with E-state index in [1.54, 1.807) is 6.92 Å². The first-order valence-electron chi connectivity index (χ1n) is 5.94. The van der Waals surface area contributed by atoms with E-state index < -0.39 is 5.97 Å². The predicted molar refractivity (Wildman–Crippen MR) is 64.1 cm³/mol. The Labute approximate surface area is 102 Å². The Kier molecular flexibility index (Phi) is 6.10. The normalized spacial score (nSPS) is 20.3. The second-order valence-corrected chi connectivity index (χ2v) is 4.40. The molecular weight excluding hydrogens is 222 g/mol. The molecule has 6 heteroatoms. The largest absolute Gasteiger partial charge is 0.480 e. The summed E-state index contributed by atoms with van der Waals surface area (Å²) in [5.41, 5.74) is 0. The van der Waals surface area contributed by atoms with Crippen molar-refractivity contribution in [1.29, 1.82) is 0 Å². The molecular formula is C11H21N3O3. The van der Waals surface area contributed by atoms with E-state index in [9.17, 15) is 9.59 Å². The van der Waals surface area contributed by atoms with Crippen molar-refractivity contribution in [2.24, 2.45) is 0 Å². The van der Waals surface area contributed by atoms with E-state index in [1.165, 1.54) is 0 Å². The number of nitrogens with zero attached hydrogens (tertiary/aromatic N) is 2. The number of carboxylic acids is 1. The van der Waals surface area contributed by atoms with Gasteiger partial charge in [-0.1, -0.05) is 0 Å². The fraction of sp³-hybridized carbons (Fsp3) is 0.818. The lowest BCUT2D eigenvalue weighted by Crippen LogP contribution is -2.40. The van der Waals surface area contributed by atoms with E-state index in [0.717, 1.165) is 32.7 Å². The first kappa shape index (κ1) is 14.1. The highest BCUT2D eigenvalue weighted by Crippen LogP contribution is 1.95. The molecule has 0 radical (unpaired) electrons. The molecule has 0 spiro atoms. The van der Waals surface area contributed by atoms with E-state index in [-0.39, 0.29) is 12.3 Å². The number of carbonyl (C=O) groups excluding carboxylic acids is 1. The Morgan fingerprint density at radius 2 is 1.59 bits per heavy atom. The highest BCUT2D eigenvalue weighted by molar-refractivity contribution is 5.77. The van der Waals surface area contributed by atoms with Crippen LogP contribution < -0.4 is 5.32 Å². The van der Waals surface area contributed by atoms with Crippen molar-refractivity contribution in [3.63, 3.8) is 0 Å². The van der Waals surface area contributed by atoms with Crippen molar-refractivity contribution in [1.82, 2.24) is 15.1 Å². The molecule has 0 amide bonds. The molecule has 1 aliphatic heterocycles. The third-order valence-corrected chi connectivity index (χ3v) is 2.75. The molecule has 1 saturated heterocycles. The molecule has 1 rings (SSSR count). The number of ketones is 1. The molecule has 0 aromatic heterocycles. The maximum Gasteiger partial charge on any atom is 0.317 e. The lowest BCUT2D eigenvalue weighted by Gasteiger charge is -2.23. The lowest BCUT2D eigenvalue weighted by atomic mass is 10.3. The SMILES string of the molecule is CC(=O)CN1CCNCCN(CC(=O)O)CC1. The van der Waals surface area contributed by atoms with Gasteiger partial charge in [0.1, 0.15) is 5.78 Å². The molecule has 1 heterocycles. The molecule has 0 saturated carbocycles. The van der Waals surface area contributed by atoms with Crippen LogP contribution in [0.1, 0.15) is 6.92 Å². The summed E-state index contributed by atoms with van der Waals surface area (Å²) in [6, 6.07) is 0. The van der Waals surface area contributed by atoms with Crippen LogP contribution in [0.15, 0.2) is 0 Å². The van der Waals surface area contributed by atoms with Gasteiger partial charge in [0, 0.05) is 39.3 Å². The molecule has 0 atom stereocenters. The Morgan fingerprint density at radius 3 is 2.06 bits per heavy atom. The van der Waals surface area contributed by atoms with Crippen molar-refractivity contribution in [3.05, 3.63) is 0 Å². The molecule has 0 aromatic carbocycles. The average Bonchev–Trinajstić information content (AvgIpc) is 2.31. The number of carbonyl (C=O) groups is 2. The van der Waals surface area contributed by atoms with Gasteiger partial charge >= 0.3 is 5.97 Å². The van der Waals surface area contributed by atoms with Gasteiger partial charge in [0.25, 0.3) is 0 Å². The van der Waals surface area contributed by atoms with Crippen LogP contribution >= 0.6 is 0 Å². The summed E-state index contributed by atoms with van der Waals surface area (Å²) in [4.78, 5) is 25.7. The minimum atomic E-state index is -0.803. The molecule has 17 heavy (non-hydrogen) atoms. The number of carboxylic acid groups (broad SMARTS) is 1. The van der Waals surface area contributed by atoms with Gasteiger partial charge in [-0.2, -0.15) is 0 Å². The van der Waals surface area contributed by atoms with Crippen molar-refractivity contribution >= 4 is 11.8 Å². The number of aliphatic carboxylic acids is 1. The maximum absolute atomic E-state index is 11.1. The van der Waals surface area contributed by atoms with Gasteiger partial charge in [-0.05, 0) is 6.92 Å². The smallest absolute Gasteiger partial charge is 0.317 e. The standard InChI is InChI=1S/C11H21N3O3/c1-10(15)8-13-4-2-12-3-5-14(7-6-13)9-11(16)17/h12H,2-9H2,1H3,(H,16,17). The Hall–Kier alpha value is -0.980. The molecule has 1 aliphatic rings. The predicted octanol–water partition coefficient (Wildman–Crippen LogP) is -1.13. The summed E-state index contributed by atoms with van der Waals surface area (Å²) < 4.78 is 0. The summed E-state index contributed by atoms with van der Waals surface area (Å²) in [7, 11) is 0. The van der Waals surface area contributed by atoms with Gasteiger partial charge in [0.05, 0.1) is 13.1 Å². The van der Waals surface area contributed by atoms with Crippen molar-refractivity contribution in [2.75, 3.05) is 52.4 Å². The number of hydrogen-bond donors (Lipinski definition) is 2. The van der Waals surface area contributed by atoms with Crippen LogP contribution in [0.5, 0.6) is 0 Å². The summed E-state index contributed by atoms with van der Waals surface area (Å²) in [6.07, 6.45) is 0. The van der Waals surface area contributed by atoms with Crippen LogP contribution in [0.3, 0.4) is 0 Å². The van der Waals surface area contributed by atoms with E-state index in [0.29, 0.717) is 13.1 Å². The average molecular weight is 243 g/mol. The zero-order valence-corrected chi connectivity index (χ0v) is 10.3. The first-order valence-corrected chi connectivity index (χ1v) is 5.94. The zero-order chi connectivity index (χ0) is 12.7. The van der Waals surface area contributed by atoms with Gasteiger partial charge in [-0.15, -0.1) is 0 Å². The third-order valence-electron chi connectivity index (χ3n) is 2.75. The molecule has 0 aromatic rings. The van der Waals surface area contributed by atoms with Gasteiger partial charge < -0.3 is 10.4 Å². The first-order chi connectivity index (χ1) is 8.08. The Bertz CT molecular complexity index is 245. The Balaban J connectivity index is 2.45. The third kappa shape index (κ3) is 6.35. The lowest BCUT2D eigenvalue weighted by molar-refractivity contribution is -0.138. The maximum atomic E-state index is 11.1. The molecule has 6 nitrogen and oxygen atoms in total. The van der Waals surface area contributed by atoms with E-state index in [1.807, 2.05) is 4.90 Å². The molecule has 1 fully saturated rings. The van der Waals surface area contributed by atoms with Crippen molar-refractivity contribution < 1.29 is 14.7 Å². The monoisotopic (exact) mass is 243 g/mol. The quantitative estimate of drug-likeness (QED) is 0.651. The fourth-order valence-electron chi connectivity index (χ4n) is 1.93. The van der Waals surface area contributed by atoms with Crippen molar-refractivity contribution in [3.8, 4) is 0 Å². The van der Waals surface area contributed by atoms with E-state index in [4.69, 9.17) is 5.11 Å². The summed E-state index contributed by atoms with van der Waals surface area (Å²) in [5, 5.41) is 12.0. The van der Waals surface area contributed by atoms with Crippen LogP contribution in [0.2, 0.25) is 0 Å². The minimum Gasteiger partial charge on any atom is -0.480 e. The van der Waals surface area contributed by atoms with Crippen LogP contribution in [0.4, 0.5) is 0 Å². The number of rotatable bonds is 4. The number of hydrogen-bond acceptors (Lipinski definition) is 5. The highest BCUT2D eigenvalue weighted by Gasteiger charge is 2.14. The van der Waals surface area contributed by atoms with Gasteiger partial charge in [-0.3, -0.25) is 19.4 Å². The summed E-state index contributed by atoms with van der Waals surface area (Å²) in [6.45, 7) is 6.74. The molecule has 0 aliphatic carbocycles. The minimum absolute atomic E-state index is 0.0651. The second-order valence-electron chi connectivity index (χ2n) is 4.40. The van der Waals surface area contributed by atoms with Gasteiger partial charge in [0.15, 0.2) is 0 Å². The van der Waals surface area contributed by atoms with Gasteiger partial charge in [0.2, 0.25) is 0 Å². The summed E-state index contributed by atoms with van der Waals surface area (Å²) >= 11 is 0. The van der Waals surface area contributed by atoms with Gasteiger partial charge in [-0.25, -0.2) is 0 Å². The van der Waals surface area contributed by atoms with Crippen LogP contribution in [0.25, 0.3) is 0 Å². The molecule has 0 bridgehead atoms. The number of Topliss-reactive ketones (excluding diaryl/α,β-unsaturated/α-hetero) is 1. The van der Waals surface area contributed by atoms with Crippen molar-refractivity contribution in [2.45, 2.75) is 6.92 Å². The topological polar surface area (TPSA) is 72.9 Å². The second kappa shape index (κ2) is 7.37. The van der Waals surface area contributed by atoms with Crippen LogP contribution in [-0.4, -0.2) is 79.0 Å². The van der Waals surface area contributed by atoms with E-state index >= 15 is 0 Å². The van der Waals surface area contributed by atoms with Crippen LogP contribution in [-0.2, 0) is 9.59 Å².